The van der Waals surface area contributed by atoms with E-state index in [0.717, 1.165) is 22.9 Å². The molecule has 0 spiro atoms. The molecule has 8 heteroatoms. The van der Waals surface area contributed by atoms with Gasteiger partial charge in [-0.15, -0.1) is 0 Å². The SMILES string of the molecule is CC12CCC(C(=O)NNC(=O)c3cccc4ccccc34)(c3nc4cc(Cl)c(Cl)cc4nc31)C2(C)C. The van der Waals surface area contributed by atoms with Gasteiger partial charge in [0.2, 0.25) is 0 Å². The highest BCUT2D eigenvalue weighted by Gasteiger charge is 2.73. The highest BCUT2D eigenvalue weighted by molar-refractivity contribution is 6.42. The molecule has 182 valence electrons. The molecule has 4 aromatic rings. The van der Waals surface area contributed by atoms with Gasteiger partial charge in [-0.05, 0) is 47.2 Å². The lowest BCUT2D eigenvalue weighted by atomic mass is 9.63. The van der Waals surface area contributed by atoms with Crippen LogP contribution in [0.25, 0.3) is 21.8 Å². The van der Waals surface area contributed by atoms with Gasteiger partial charge >= 0.3 is 0 Å². The fraction of sp³-hybridized carbons (Fsp3) is 0.286. The van der Waals surface area contributed by atoms with Gasteiger partial charge in [0.15, 0.2) is 0 Å². The second kappa shape index (κ2) is 7.64. The summed E-state index contributed by atoms with van der Waals surface area (Å²) in [7, 11) is 0. The summed E-state index contributed by atoms with van der Waals surface area (Å²) in [5.74, 6) is -0.670. The Kier molecular flexibility index (Phi) is 4.92. The second-order valence-corrected chi connectivity index (χ2v) is 11.3. The summed E-state index contributed by atoms with van der Waals surface area (Å²) in [6.07, 6.45) is 1.38. The Labute approximate surface area is 218 Å². The molecule has 6 rings (SSSR count). The zero-order chi connectivity index (χ0) is 25.5. The topological polar surface area (TPSA) is 84.0 Å². The first-order chi connectivity index (χ1) is 17.1. The van der Waals surface area contributed by atoms with E-state index in [1.807, 2.05) is 36.4 Å². The van der Waals surface area contributed by atoms with Crippen LogP contribution in [0.1, 0.15) is 55.4 Å². The maximum absolute atomic E-state index is 14.0. The molecule has 1 heterocycles. The highest BCUT2D eigenvalue weighted by Crippen LogP contribution is 2.70. The minimum Gasteiger partial charge on any atom is -0.272 e. The van der Waals surface area contributed by atoms with Crippen LogP contribution in [0.5, 0.6) is 0 Å². The smallest absolute Gasteiger partial charge is 0.270 e. The Morgan fingerprint density at radius 2 is 1.47 bits per heavy atom. The van der Waals surface area contributed by atoms with Crippen molar-refractivity contribution in [1.29, 1.82) is 0 Å². The lowest BCUT2D eigenvalue weighted by Gasteiger charge is -2.39. The molecule has 0 aliphatic heterocycles. The molecular weight excluding hydrogens is 495 g/mol. The number of hydrogen-bond donors (Lipinski definition) is 2. The zero-order valence-electron chi connectivity index (χ0n) is 20.1. The number of benzene rings is 3. The number of nitrogens with zero attached hydrogens (tertiary/aromatic N) is 2. The fourth-order valence-electron chi connectivity index (χ4n) is 6.31. The number of aromatic nitrogens is 2. The number of carbonyl (C=O) groups excluding carboxylic acids is 2. The molecule has 2 amide bonds. The van der Waals surface area contributed by atoms with Crippen LogP contribution in [0, 0.1) is 5.41 Å². The average molecular weight is 519 g/mol. The number of fused-ring (bicyclic) bond motifs is 7. The highest BCUT2D eigenvalue weighted by atomic mass is 35.5. The first kappa shape index (κ1) is 23.2. The van der Waals surface area contributed by atoms with Gasteiger partial charge < -0.3 is 0 Å². The van der Waals surface area contributed by atoms with E-state index in [1.54, 1.807) is 18.2 Å². The van der Waals surface area contributed by atoms with E-state index >= 15 is 0 Å². The van der Waals surface area contributed by atoms with Crippen molar-refractivity contribution in [2.24, 2.45) is 5.41 Å². The van der Waals surface area contributed by atoms with Crippen LogP contribution >= 0.6 is 23.2 Å². The monoisotopic (exact) mass is 518 g/mol. The first-order valence-corrected chi connectivity index (χ1v) is 12.6. The Balaban J connectivity index is 1.39. The molecular formula is C28H24Cl2N4O2. The summed E-state index contributed by atoms with van der Waals surface area (Å²) < 4.78 is 0. The van der Waals surface area contributed by atoms with E-state index in [9.17, 15) is 9.59 Å². The molecule has 6 nitrogen and oxygen atoms in total. The number of amides is 2. The molecule has 2 atom stereocenters. The van der Waals surface area contributed by atoms with Gasteiger partial charge in [-0.2, -0.15) is 0 Å². The van der Waals surface area contributed by atoms with E-state index in [2.05, 4.69) is 31.6 Å². The molecule has 2 unspecified atom stereocenters. The summed E-state index contributed by atoms with van der Waals surface area (Å²) >= 11 is 12.5. The number of halogens is 2. The minimum absolute atomic E-state index is 0.294. The third-order valence-electron chi connectivity index (χ3n) is 8.79. The predicted molar refractivity (Wildman–Crippen MR) is 141 cm³/mol. The van der Waals surface area contributed by atoms with E-state index in [1.165, 1.54) is 0 Å². The van der Waals surface area contributed by atoms with Gasteiger partial charge in [-0.25, -0.2) is 9.97 Å². The normalized spacial score (nSPS) is 23.6. The number of nitrogens with one attached hydrogen (secondary N) is 2. The summed E-state index contributed by atoms with van der Waals surface area (Å²) in [5, 5.41) is 2.56. The van der Waals surface area contributed by atoms with Gasteiger partial charge in [0.25, 0.3) is 11.8 Å². The number of hydrogen-bond acceptors (Lipinski definition) is 4. The third kappa shape index (κ3) is 2.86. The van der Waals surface area contributed by atoms with Crippen molar-refractivity contribution < 1.29 is 9.59 Å². The molecule has 0 radical (unpaired) electrons. The minimum atomic E-state index is -0.962. The summed E-state index contributed by atoms with van der Waals surface area (Å²) in [6.45, 7) is 6.31. The van der Waals surface area contributed by atoms with Crippen molar-refractivity contribution in [2.45, 2.75) is 44.4 Å². The second-order valence-electron chi connectivity index (χ2n) is 10.5. The van der Waals surface area contributed by atoms with Crippen molar-refractivity contribution in [3.63, 3.8) is 0 Å². The van der Waals surface area contributed by atoms with E-state index in [0.29, 0.717) is 38.8 Å². The van der Waals surface area contributed by atoms with Gasteiger partial charge in [-0.3, -0.25) is 20.4 Å². The Morgan fingerprint density at radius 1 is 0.833 bits per heavy atom. The molecule has 36 heavy (non-hydrogen) atoms. The Morgan fingerprint density at radius 3 is 2.19 bits per heavy atom. The number of rotatable bonds is 2. The zero-order valence-corrected chi connectivity index (χ0v) is 21.6. The van der Waals surface area contributed by atoms with Crippen molar-refractivity contribution in [3.8, 4) is 0 Å². The molecule has 2 bridgehead atoms. The van der Waals surface area contributed by atoms with Gasteiger partial charge in [0.05, 0.1) is 32.5 Å². The summed E-state index contributed by atoms with van der Waals surface area (Å²) in [6, 6.07) is 16.6. The average Bonchev–Trinajstić information content (AvgIpc) is 3.16. The third-order valence-corrected chi connectivity index (χ3v) is 9.51. The van der Waals surface area contributed by atoms with Gasteiger partial charge in [-0.1, -0.05) is 80.4 Å². The van der Waals surface area contributed by atoms with Crippen LogP contribution in [0.2, 0.25) is 10.0 Å². The Bertz CT molecular complexity index is 1610. The fourth-order valence-corrected chi connectivity index (χ4v) is 6.63. The molecule has 2 aliphatic carbocycles. The summed E-state index contributed by atoms with van der Waals surface area (Å²) in [4.78, 5) is 36.9. The van der Waals surface area contributed by atoms with E-state index < -0.39 is 10.8 Å². The maximum atomic E-state index is 14.0. The first-order valence-electron chi connectivity index (χ1n) is 11.9. The molecule has 3 aromatic carbocycles. The number of hydrazine groups is 1. The molecule has 1 saturated carbocycles. The molecule has 0 saturated heterocycles. The quantitative estimate of drug-likeness (QED) is 0.324. The Hall–Kier alpha value is -3.22. The van der Waals surface area contributed by atoms with Crippen LogP contribution in [-0.2, 0) is 15.6 Å². The molecule has 2 aliphatic rings. The van der Waals surface area contributed by atoms with Gasteiger partial charge in [0, 0.05) is 11.0 Å². The van der Waals surface area contributed by atoms with Crippen LogP contribution in [-0.4, -0.2) is 21.8 Å². The van der Waals surface area contributed by atoms with Crippen LogP contribution in [0.4, 0.5) is 0 Å². The van der Waals surface area contributed by atoms with Crippen molar-refractivity contribution in [1.82, 2.24) is 20.8 Å². The van der Waals surface area contributed by atoms with Crippen molar-refractivity contribution in [2.75, 3.05) is 0 Å². The molecule has 1 aromatic heterocycles. The lowest BCUT2D eigenvalue weighted by Crippen LogP contribution is -2.55. The summed E-state index contributed by atoms with van der Waals surface area (Å²) in [5.41, 5.74) is 6.73. The maximum Gasteiger partial charge on any atom is 0.270 e. The standard InChI is InChI=1S/C28H24Cl2N4O2/c1-26(2)27(3)11-12-28(26,23-22(27)31-20-13-18(29)19(30)14-21(20)32-23)25(36)34-33-24(35)17-10-6-8-15-7-4-5-9-16(15)17/h4-10,13-14H,11-12H2,1-3H3,(H,33,35)(H,34,36). The predicted octanol–water partition coefficient (Wildman–Crippen LogP) is 5.88. The lowest BCUT2D eigenvalue weighted by molar-refractivity contribution is -0.131. The largest absolute Gasteiger partial charge is 0.272 e. The van der Waals surface area contributed by atoms with Crippen molar-refractivity contribution in [3.05, 3.63) is 81.6 Å². The van der Waals surface area contributed by atoms with E-state index in [4.69, 9.17) is 33.2 Å². The molecule has 1 fully saturated rings. The van der Waals surface area contributed by atoms with Crippen LogP contribution < -0.4 is 10.9 Å². The number of carbonyl (C=O) groups is 2. The molecule has 2 N–H and O–H groups in total. The van der Waals surface area contributed by atoms with Crippen LogP contribution in [0.3, 0.4) is 0 Å². The van der Waals surface area contributed by atoms with Crippen LogP contribution in [0.15, 0.2) is 54.6 Å². The van der Waals surface area contributed by atoms with Crippen molar-refractivity contribution >= 4 is 56.8 Å². The van der Waals surface area contributed by atoms with E-state index in [-0.39, 0.29) is 17.2 Å². The van der Waals surface area contributed by atoms with Gasteiger partial charge in [0.1, 0.15) is 5.41 Å².